The average Bonchev–Trinajstić information content (AvgIpc) is 2.92. The van der Waals surface area contributed by atoms with E-state index in [1.807, 2.05) is 78.9 Å². The zero-order valence-electron chi connectivity index (χ0n) is 21.0. The summed E-state index contributed by atoms with van der Waals surface area (Å²) < 4.78 is 33.1. The van der Waals surface area contributed by atoms with Gasteiger partial charge in [-0.2, -0.15) is 4.31 Å². The fourth-order valence-corrected chi connectivity index (χ4v) is 5.61. The van der Waals surface area contributed by atoms with Crippen molar-refractivity contribution < 1.29 is 18.3 Å². The topological polar surface area (TPSA) is 96.1 Å². The molecule has 1 fully saturated rings. The van der Waals surface area contributed by atoms with E-state index in [4.69, 9.17) is 15.6 Å². The van der Waals surface area contributed by atoms with Crippen molar-refractivity contribution in [1.29, 1.82) is 0 Å². The predicted molar refractivity (Wildman–Crippen MR) is 150 cm³/mol. The van der Waals surface area contributed by atoms with E-state index in [0.717, 1.165) is 33.7 Å². The van der Waals surface area contributed by atoms with Gasteiger partial charge in [-0.15, -0.1) is 0 Å². The molecule has 0 aromatic heterocycles. The molecule has 1 heterocycles. The van der Waals surface area contributed by atoms with E-state index in [-0.39, 0.29) is 6.61 Å². The Hall–Kier alpha value is -3.43. The molecule has 0 amide bonds. The highest BCUT2D eigenvalue weighted by Gasteiger charge is 2.28. The highest BCUT2D eigenvalue weighted by atomic mass is 32.2. The van der Waals surface area contributed by atoms with Crippen LogP contribution in [-0.4, -0.2) is 69.2 Å². The maximum Gasteiger partial charge on any atom is 0.243 e. The van der Waals surface area contributed by atoms with E-state index >= 15 is 0 Å². The second kappa shape index (κ2) is 12.2. The molecule has 0 unspecified atom stereocenters. The summed E-state index contributed by atoms with van der Waals surface area (Å²) in [5, 5.41) is 9.08. The lowest BCUT2D eigenvalue weighted by atomic mass is 10.1. The van der Waals surface area contributed by atoms with E-state index in [2.05, 4.69) is 4.90 Å². The summed E-state index contributed by atoms with van der Waals surface area (Å²) in [6.45, 7) is 2.76. The Morgan fingerprint density at radius 2 is 1.41 bits per heavy atom. The molecule has 1 aliphatic heterocycles. The average molecular weight is 520 g/mol. The molecule has 4 rings (SSSR count). The van der Waals surface area contributed by atoms with Crippen molar-refractivity contribution in [3.05, 3.63) is 89.0 Å². The van der Waals surface area contributed by atoms with Crippen LogP contribution in [0.15, 0.2) is 71.6 Å². The van der Waals surface area contributed by atoms with Gasteiger partial charge in [0.1, 0.15) is 5.75 Å². The fraction of sp³-hybridized carbons (Fsp3) is 0.241. The quantitative estimate of drug-likeness (QED) is 0.329. The summed E-state index contributed by atoms with van der Waals surface area (Å²) in [5.74, 6) is 0.759. The minimum absolute atomic E-state index is 0.0836. The van der Waals surface area contributed by atoms with Crippen molar-refractivity contribution in [3.63, 3.8) is 0 Å². The first-order chi connectivity index (χ1) is 17.9. The largest absolute Gasteiger partial charge is 0.496 e. The summed E-state index contributed by atoms with van der Waals surface area (Å²) in [6, 6.07) is 20.6. The number of rotatable bonds is 9. The minimum Gasteiger partial charge on any atom is -0.496 e. The predicted octanol–water partition coefficient (Wildman–Crippen LogP) is 3.92. The molecule has 194 valence electrons. The van der Waals surface area contributed by atoms with Gasteiger partial charge < -0.3 is 15.6 Å². The van der Waals surface area contributed by atoms with Crippen molar-refractivity contribution in [2.24, 2.45) is 0 Å². The fourth-order valence-electron chi connectivity index (χ4n) is 4.19. The number of ether oxygens (including phenoxy) is 1. The smallest absolute Gasteiger partial charge is 0.243 e. The Morgan fingerprint density at radius 3 is 2.03 bits per heavy atom. The van der Waals surface area contributed by atoms with Crippen LogP contribution in [0, 0.1) is 0 Å². The molecule has 7 nitrogen and oxygen atoms in total. The Kier molecular flexibility index (Phi) is 8.78. The number of nitrogens with two attached hydrogens (primary N) is 1. The Morgan fingerprint density at radius 1 is 0.838 bits per heavy atom. The molecule has 0 aliphatic carbocycles. The van der Waals surface area contributed by atoms with Crippen LogP contribution in [-0.2, 0) is 10.0 Å². The first-order valence-electron chi connectivity index (χ1n) is 12.2. The first-order valence-corrected chi connectivity index (χ1v) is 13.7. The van der Waals surface area contributed by atoms with E-state index in [9.17, 15) is 8.42 Å². The number of anilines is 1. The summed E-state index contributed by atoms with van der Waals surface area (Å²) in [4.78, 5) is 2.36. The first kappa shape index (κ1) is 26.6. The molecule has 0 spiro atoms. The third kappa shape index (κ3) is 6.87. The molecule has 1 aliphatic rings. The SMILES string of the molecule is COc1cc(C=Cc2ccc(S(=O)(=O)N3CCN(CCO)CC3)cc2)ccc1C=Cc1ccc(N)cc1. The van der Waals surface area contributed by atoms with Crippen LogP contribution < -0.4 is 10.5 Å². The van der Waals surface area contributed by atoms with Gasteiger partial charge in [-0.05, 0) is 47.0 Å². The van der Waals surface area contributed by atoms with Gasteiger partial charge in [0, 0.05) is 44.0 Å². The van der Waals surface area contributed by atoms with Gasteiger partial charge in [-0.3, -0.25) is 4.90 Å². The van der Waals surface area contributed by atoms with Gasteiger partial charge >= 0.3 is 0 Å². The number of hydrogen-bond donors (Lipinski definition) is 2. The normalized spacial score (nSPS) is 15.5. The van der Waals surface area contributed by atoms with Crippen molar-refractivity contribution in [2.45, 2.75) is 4.90 Å². The maximum atomic E-state index is 13.0. The van der Waals surface area contributed by atoms with Gasteiger partial charge in [0.2, 0.25) is 10.0 Å². The van der Waals surface area contributed by atoms with E-state index in [1.165, 1.54) is 4.31 Å². The molecular weight excluding hydrogens is 486 g/mol. The van der Waals surface area contributed by atoms with E-state index in [0.29, 0.717) is 37.6 Å². The van der Waals surface area contributed by atoms with Crippen LogP contribution >= 0.6 is 0 Å². The Bertz CT molecular complexity index is 1340. The van der Waals surface area contributed by atoms with Crippen molar-refractivity contribution in [2.75, 3.05) is 52.2 Å². The van der Waals surface area contributed by atoms with Crippen LogP contribution in [0.4, 0.5) is 5.69 Å². The van der Waals surface area contributed by atoms with Crippen molar-refractivity contribution in [3.8, 4) is 5.75 Å². The molecule has 3 N–H and O–H groups in total. The molecular formula is C29H33N3O4S. The summed E-state index contributed by atoms with van der Waals surface area (Å²) >= 11 is 0. The van der Waals surface area contributed by atoms with Crippen molar-refractivity contribution >= 4 is 40.0 Å². The van der Waals surface area contributed by atoms with Gasteiger partial charge in [0.25, 0.3) is 0 Å². The number of sulfonamides is 1. The summed E-state index contributed by atoms with van der Waals surface area (Å²) in [5.41, 5.74) is 10.4. The molecule has 0 radical (unpaired) electrons. The number of methoxy groups -OCH3 is 1. The number of piperazine rings is 1. The Labute approximate surface area is 219 Å². The van der Waals surface area contributed by atoms with E-state index in [1.54, 1.807) is 19.2 Å². The van der Waals surface area contributed by atoms with E-state index < -0.39 is 10.0 Å². The van der Waals surface area contributed by atoms with Gasteiger partial charge in [0.05, 0.1) is 18.6 Å². The number of aliphatic hydroxyl groups excluding tert-OH is 1. The number of β-amino-alcohol motifs (C(OH)–C–C–N with tert-alkyl or cyclic N) is 1. The van der Waals surface area contributed by atoms with Gasteiger partial charge in [-0.25, -0.2) is 8.42 Å². The molecule has 8 heteroatoms. The molecule has 0 saturated carbocycles. The lowest BCUT2D eigenvalue weighted by Gasteiger charge is -2.33. The molecule has 37 heavy (non-hydrogen) atoms. The van der Waals surface area contributed by atoms with Crippen LogP contribution in [0.2, 0.25) is 0 Å². The van der Waals surface area contributed by atoms with Crippen LogP contribution in [0.25, 0.3) is 24.3 Å². The molecule has 0 bridgehead atoms. The zero-order chi connectivity index (χ0) is 26.3. The number of hydrogen-bond acceptors (Lipinski definition) is 6. The Balaban J connectivity index is 1.42. The standard InChI is InChI=1S/C29H33N3O4S/c1-36-29-22-25(5-11-26(29)10-4-24-6-12-27(30)13-7-24)3-2-23-8-14-28(15-9-23)37(34,35)32-18-16-31(17-19-32)20-21-33/h2-15,22,33H,16-21,30H2,1H3. The van der Waals surface area contributed by atoms with Gasteiger partial charge in [-0.1, -0.05) is 60.7 Å². The highest BCUT2D eigenvalue weighted by molar-refractivity contribution is 7.89. The highest BCUT2D eigenvalue weighted by Crippen LogP contribution is 2.25. The van der Waals surface area contributed by atoms with Crippen LogP contribution in [0.1, 0.15) is 22.3 Å². The molecule has 3 aromatic carbocycles. The van der Waals surface area contributed by atoms with Crippen molar-refractivity contribution in [1.82, 2.24) is 9.21 Å². The number of aliphatic hydroxyl groups is 1. The van der Waals surface area contributed by atoms with Crippen LogP contribution in [0.3, 0.4) is 0 Å². The monoisotopic (exact) mass is 519 g/mol. The van der Waals surface area contributed by atoms with Gasteiger partial charge in [0.15, 0.2) is 0 Å². The number of benzene rings is 3. The second-order valence-corrected chi connectivity index (χ2v) is 10.8. The zero-order valence-corrected chi connectivity index (χ0v) is 21.8. The molecule has 1 saturated heterocycles. The third-order valence-corrected chi connectivity index (χ3v) is 8.30. The summed E-state index contributed by atoms with van der Waals surface area (Å²) in [6.07, 6.45) is 7.93. The number of nitrogens with zero attached hydrogens (tertiary/aromatic N) is 2. The second-order valence-electron chi connectivity index (χ2n) is 8.87. The third-order valence-electron chi connectivity index (χ3n) is 6.38. The number of nitrogen functional groups attached to an aromatic ring is 1. The minimum atomic E-state index is -3.53. The van der Waals surface area contributed by atoms with Crippen LogP contribution in [0.5, 0.6) is 5.75 Å². The summed E-state index contributed by atoms with van der Waals surface area (Å²) in [7, 11) is -1.89. The lowest BCUT2D eigenvalue weighted by molar-refractivity contribution is 0.151. The lowest BCUT2D eigenvalue weighted by Crippen LogP contribution is -2.49. The molecule has 3 aromatic rings. The maximum absolute atomic E-state index is 13.0. The molecule has 0 atom stereocenters.